The maximum Gasteiger partial charge on any atom is 0.0487 e. The number of benzene rings is 1. The monoisotopic (exact) mass is 246 g/mol. The van der Waals surface area contributed by atoms with Gasteiger partial charge < -0.3 is 0 Å². The quantitative estimate of drug-likeness (QED) is 0.545. The third kappa shape index (κ3) is 3.64. The molecule has 0 nitrogen and oxygen atoms in total. The maximum absolute atomic E-state index is 6.18. The first-order chi connectivity index (χ1) is 6.42. The van der Waals surface area contributed by atoms with Gasteiger partial charge in [-0.3, -0.25) is 0 Å². The van der Waals surface area contributed by atoms with Gasteiger partial charge in [0.05, 0.1) is 0 Å². The zero-order valence-corrected chi connectivity index (χ0v) is 11.4. The molecule has 0 aromatic heterocycles. The van der Waals surface area contributed by atoms with Gasteiger partial charge in [-0.2, -0.15) is 0 Å². The molecule has 0 aliphatic carbocycles. The van der Waals surface area contributed by atoms with Crippen LogP contribution in [0.25, 0.3) is 0 Å². The van der Waals surface area contributed by atoms with Crippen LogP contribution in [-0.4, -0.2) is 8.07 Å². The van der Waals surface area contributed by atoms with Gasteiger partial charge in [0, 0.05) is 19.0 Å². The fourth-order valence-electron chi connectivity index (χ4n) is 1.39. The van der Waals surface area contributed by atoms with E-state index in [1.807, 2.05) is 6.07 Å². The van der Waals surface area contributed by atoms with Gasteiger partial charge in [0.1, 0.15) is 0 Å². The third-order valence-corrected chi connectivity index (χ3v) is 4.09. The van der Waals surface area contributed by atoms with Gasteiger partial charge in [0.25, 0.3) is 0 Å². The van der Waals surface area contributed by atoms with E-state index in [2.05, 4.69) is 31.8 Å². The first-order valence-electron chi connectivity index (χ1n) is 4.75. The largest absolute Gasteiger partial charge is 0.122 e. The lowest BCUT2D eigenvalue weighted by molar-refractivity contribution is 1.28. The van der Waals surface area contributed by atoms with E-state index in [1.54, 1.807) is 0 Å². The van der Waals surface area contributed by atoms with Crippen LogP contribution < -0.4 is 0 Å². The summed E-state index contributed by atoms with van der Waals surface area (Å²) < 4.78 is 0. The first-order valence-corrected chi connectivity index (χ1v) is 9.37. The second-order valence-electron chi connectivity index (χ2n) is 4.80. The number of hydrogen-bond donors (Lipinski definition) is 0. The highest BCUT2D eigenvalue weighted by atomic mass is 35.5. The molecule has 0 radical (unpaired) electrons. The molecule has 0 atom stereocenters. The fraction of sp³-hybridized carbons (Fsp3) is 0.455. The Hall–Kier alpha value is 0.0169. The number of alkyl halides is 1. The minimum absolute atomic E-state index is 0.535. The van der Waals surface area contributed by atoms with Crippen LogP contribution >= 0.6 is 23.2 Å². The maximum atomic E-state index is 6.18. The summed E-state index contributed by atoms with van der Waals surface area (Å²) >= 11 is 11.9. The molecule has 0 aliphatic heterocycles. The van der Waals surface area contributed by atoms with Crippen molar-refractivity contribution in [1.82, 2.24) is 0 Å². The Bertz CT molecular complexity index is 316. The highest BCUT2D eigenvalue weighted by Gasteiger charge is 2.15. The van der Waals surface area contributed by atoms with Crippen molar-refractivity contribution in [3.8, 4) is 0 Å². The van der Waals surface area contributed by atoms with Gasteiger partial charge in [0.15, 0.2) is 0 Å². The molecule has 0 amide bonds. The van der Waals surface area contributed by atoms with Crippen LogP contribution in [0.15, 0.2) is 18.2 Å². The second kappa shape index (κ2) is 4.69. The molecular formula is C11H16Cl2Si. The molecule has 0 saturated carbocycles. The summed E-state index contributed by atoms with van der Waals surface area (Å²) in [5, 5.41) is 0.866. The number of hydrogen-bond acceptors (Lipinski definition) is 0. The van der Waals surface area contributed by atoms with E-state index in [9.17, 15) is 0 Å². The molecule has 0 bridgehead atoms. The Balaban J connectivity index is 2.89. The van der Waals surface area contributed by atoms with Gasteiger partial charge in [-0.05, 0) is 23.2 Å². The average Bonchev–Trinajstić information content (AvgIpc) is 2.06. The Morgan fingerprint density at radius 1 is 1.21 bits per heavy atom. The van der Waals surface area contributed by atoms with Crippen LogP contribution in [0.5, 0.6) is 0 Å². The Labute approximate surface area is 97.2 Å². The van der Waals surface area contributed by atoms with Gasteiger partial charge in [-0.1, -0.05) is 43.4 Å². The van der Waals surface area contributed by atoms with Crippen LogP contribution in [0.2, 0.25) is 24.7 Å². The van der Waals surface area contributed by atoms with E-state index in [-0.39, 0.29) is 0 Å². The molecular weight excluding hydrogens is 231 g/mol. The van der Waals surface area contributed by atoms with Crippen molar-refractivity contribution < 1.29 is 0 Å². The predicted octanol–water partition coefficient (Wildman–Crippen LogP) is 4.50. The van der Waals surface area contributed by atoms with E-state index in [0.717, 1.165) is 16.6 Å². The zero-order chi connectivity index (χ0) is 10.8. The highest BCUT2D eigenvalue weighted by Crippen LogP contribution is 2.22. The van der Waals surface area contributed by atoms with Crippen molar-refractivity contribution in [3.05, 3.63) is 34.3 Å². The minimum Gasteiger partial charge on any atom is -0.122 e. The lowest BCUT2D eigenvalue weighted by Crippen LogP contribution is -2.24. The summed E-state index contributed by atoms with van der Waals surface area (Å²) in [7, 11) is -1.07. The van der Waals surface area contributed by atoms with E-state index >= 15 is 0 Å². The van der Waals surface area contributed by atoms with Crippen molar-refractivity contribution >= 4 is 31.3 Å². The molecule has 0 aliphatic rings. The highest BCUT2D eigenvalue weighted by molar-refractivity contribution is 6.75. The van der Waals surface area contributed by atoms with Crippen molar-refractivity contribution in [2.45, 2.75) is 31.6 Å². The lowest BCUT2D eigenvalue weighted by Gasteiger charge is -2.17. The van der Waals surface area contributed by atoms with Crippen LogP contribution in [0.3, 0.4) is 0 Å². The van der Waals surface area contributed by atoms with E-state index < -0.39 is 8.07 Å². The Morgan fingerprint density at radius 2 is 1.86 bits per heavy atom. The molecule has 0 unspecified atom stereocenters. The molecule has 78 valence electrons. The number of halogens is 2. The first kappa shape index (κ1) is 12.1. The molecule has 0 spiro atoms. The normalized spacial score (nSPS) is 11.8. The molecule has 3 heteroatoms. The van der Waals surface area contributed by atoms with Crippen LogP contribution in [0.4, 0.5) is 0 Å². The van der Waals surface area contributed by atoms with Crippen molar-refractivity contribution in [3.63, 3.8) is 0 Å². The topological polar surface area (TPSA) is 0 Å². The molecule has 1 rings (SSSR count). The molecule has 1 aromatic carbocycles. The summed E-state index contributed by atoms with van der Waals surface area (Å²) in [6.07, 6.45) is 0. The Morgan fingerprint density at radius 3 is 2.29 bits per heavy atom. The summed E-state index contributed by atoms with van der Waals surface area (Å²) in [5.41, 5.74) is 2.36. The standard InChI is InChI=1S/C11H16Cl2Si/c1-14(2,3)8-10-5-4-9(7-12)6-11(10)13/h4-6H,7-8H2,1-3H3. The van der Waals surface area contributed by atoms with Crippen LogP contribution in [0, 0.1) is 0 Å². The summed E-state index contributed by atoms with van der Waals surface area (Å²) in [5.74, 6) is 0.535. The van der Waals surface area contributed by atoms with E-state index in [0.29, 0.717) is 5.88 Å². The van der Waals surface area contributed by atoms with Gasteiger partial charge in [0.2, 0.25) is 0 Å². The molecule has 0 fully saturated rings. The van der Waals surface area contributed by atoms with Gasteiger partial charge in [-0.25, -0.2) is 0 Å². The lowest BCUT2D eigenvalue weighted by atomic mass is 10.2. The number of rotatable bonds is 3. The summed E-state index contributed by atoms with van der Waals surface area (Å²) in [6, 6.07) is 7.28. The second-order valence-corrected chi connectivity index (χ2v) is 10.9. The molecule has 14 heavy (non-hydrogen) atoms. The van der Waals surface area contributed by atoms with Gasteiger partial charge in [-0.15, -0.1) is 11.6 Å². The summed E-state index contributed by atoms with van der Waals surface area (Å²) in [6.45, 7) is 7.04. The van der Waals surface area contributed by atoms with E-state index in [4.69, 9.17) is 23.2 Å². The van der Waals surface area contributed by atoms with Crippen LogP contribution in [-0.2, 0) is 11.9 Å². The smallest absolute Gasteiger partial charge is 0.0487 e. The van der Waals surface area contributed by atoms with E-state index in [1.165, 1.54) is 5.56 Å². The fourth-order valence-corrected chi connectivity index (χ4v) is 3.39. The minimum atomic E-state index is -1.07. The molecule has 0 saturated heterocycles. The Kier molecular flexibility index (Phi) is 4.05. The predicted molar refractivity (Wildman–Crippen MR) is 68.1 cm³/mol. The molecule has 1 aromatic rings. The zero-order valence-electron chi connectivity index (χ0n) is 8.90. The van der Waals surface area contributed by atoms with Gasteiger partial charge >= 0.3 is 0 Å². The summed E-state index contributed by atoms with van der Waals surface area (Å²) in [4.78, 5) is 0. The third-order valence-electron chi connectivity index (χ3n) is 1.99. The van der Waals surface area contributed by atoms with Crippen molar-refractivity contribution in [1.29, 1.82) is 0 Å². The average molecular weight is 247 g/mol. The molecule has 0 N–H and O–H groups in total. The van der Waals surface area contributed by atoms with Crippen LogP contribution in [0.1, 0.15) is 11.1 Å². The van der Waals surface area contributed by atoms with Crippen molar-refractivity contribution in [2.75, 3.05) is 0 Å². The SMILES string of the molecule is C[Si](C)(C)Cc1ccc(CCl)cc1Cl. The van der Waals surface area contributed by atoms with Crippen molar-refractivity contribution in [2.24, 2.45) is 0 Å². The molecule has 0 heterocycles.